The number of rotatable bonds is 7. The highest BCUT2D eigenvalue weighted by Gasteiger charge is 2.36. The minimum absolute atomic E-state index is 0.177. The quantitative estimate of drug-likeness (QED) is 0.449. The molecule has 1 amide bonds. The minimum Gasteiger partial charge on any atom is -0.508 e. The second kappa shape index (κ2) is 11.1. The second-order valence-electron chi connectivity index (χ2n) is 9.54. The third-order valence-corrected chi connectivity index (χ3v) is 7.05. The first-order chi connectivity index (χ1) is 17.3. The Morgan fingerprint density at radius 2 is 1.81 bits per heavy atom. The van der Waals surface area contributed by atoms with Gasteiger partial charge in [-0.3, -0.25) is 14.6 Å². The fourth-order valence-electron chi connectivity index (χ4n) is 5.19. The van der Waals surface area contributed by atoms with Crippen LogP contribution in [0.25, 0.3) is 0 Å². The van der Waals surface area contributed by atoms with Crippen LogP contribution in [0.3, 0.4) is 0 Å². The number of halogens is 1. The maximum absolute atomic E-state index is 14.5. The fourth-order valence-corrected chi connectivity index (χ4v) is 5.19. The molecule has 1 fully saturated rings. The summed E-state index contributed by atoms with van der Waals surface area (Å²) in [6.07, 6.45) is 1.93. The molecule has 0 spiro atoms. The minimum atomic E-state index is -0.448. The molecule has 0 saturated carbocycles. The third-order valence-electron chi connectivity index (χ3n) is 7.05. The van der Waals surface area contributed by atoms with Gasteiger partial charge in [0, 0.05) is 44.3 Å². The van der Waals surface area contributed by atoms with E-state index in [1.807, 2.05) is 36.4 Å². The molecular weight excluding hydrogens is 453 g/mol. The number of amides is 1. The predicted octanol–water partition coefficient (Wildman–Crippen LogP) is 5.48. The van der Waals surface area contributed by atoms with Crippen LogP contribution in [0.2, 0.25) is 0 Å². The van der Waals surface area contributed by atoms with Crippen LogP contribution in [0.15, 0.2) is 85.5 Å². The summed E-state index contributed by atoms with van der Waals surface area (Å²) in [6, 6.07) is 21.2. The van der Waals surface area contributed by atoms with Crippen molar-refractivity contribution < 1.29 is 14.3 Å². The molecule has 3 aromatic rings. The van der Waals surface area contributed by atoms with Gasteiger partial charge in [-0.15, -0.1) is 6.58 Å². The van der Waals surface area contributed by atoms with Gasteiger partial charge in [0.05, 0.1) is 11.7 Å². The lowest BCUT2D eigenvalue weighted by molar-refractivity contribution is 0.0304. The number of carbonyl (C=O) groups is 1. The lowest BCUT2D eigenvalue weighted by Crippen LogP contribution is -2.57. The molecule has 6 heteroatoms. The van der Waals surface area contributed by atoms with E-state index in [9.17, 15) is 14.3 Å². The Kier molecular flexibility index (Phi) is 7.87. The van der Waals surface area contributed by atoms with E-state index in [4.69, 9.17) is 0 Å². The van der Waals surface area contributed by atoms with E-state index in [0.29, 0.717) is 5.56 Å². The van der Waals surface area contributed by atoms with Crippen molar-refractivity contribution in [1.29, 1.82) is 0 Å². The van der Waals surface area contributed by atoms with Crippen molar-refractivity contribution in [2.75, 3.05) is 31.6 Å². The van der Waals surface area contributed by atoms with E-state index in [-0.39, 0.29) is 35.5 Å². The SMILES string of the molecule is C=CCN1C[C@H](C)N([C@H](c2cccc(O)c2)c2ccccc2C(=O)N(C)c2ccccc2F)C[C@H]1C. The molecular formula is C30H34FN3O2. The topological polar surface area (TPSA) is 47.0 Å². The Labute approximate surface area is 213 Å². The lowest BCUT2D eigenvalue weighted by Gasteiger charge is -2.47. The van der Waals surface area contributed by atoms with Crippen LogP contribution in [-0.4, -0.2) is 59.6 Å². The van der Waals surface area contributed by atoms with Crippen LogP contribution in [-0.2, 0) is 0 Å². The Morgan fingerprint density at radius 1 is 1.08 bits per heavy atom. The second-order valence-corrected chi connectivity index (χ2v) is 9.54. The van der Waals surface area contributed by atoms with Gasteiger partial charge in [-0.25, -0.2) is 4.39 Å². The molecule has 0 bridgehead atoms. The Hall–Kier alpha value is -3.48. The first-order valence-electron chi connectivity index (χ1n) is 12.3. The Balaban J connectivity index is 1.79. The van der Waals surface area contributed by atoms with E-state index in [2.05, 4.69) is 30.2 Å². The van der Waals surface area contributed by atoms with Gasteiger partial charge in [-0.05, 0) is 55.3 Å². The average molecular weight is 488 g/mol. The standard InChI is InChI=1S/C30H34FN3O2/c1-5-17-33-19-22(3)34(20-21(33)2)29(23-11-10-12-24(35)18-23)25-13-6-7-14-26(25)30(36)32(4)28-16-9-8-15-27(28)31/h5-16,18,21-22,29,35H,1,17,19-20H2,2-4H3/t21-,22+,29-/m1/s1. The monoisotopic (exact) mass is 487 g/mol. The van der Waals surface area contributed by atoms with E-state index < -0.39 is 5.82 Å². The zero-order valence-electron chi connectivity index (χ0n) is 21.1. The van der Waals surface area contributed by atoms with Crippen LogP contribution in [0.1, 0.15) is 41.4 Å². The Morgan fingerprint density at radius 3 is 2.53 bits per heavy atom. The molecule has 0 aromatic heterocycles. The molecule has 0 aliphatic carbocycles. The average Bonchev–Trinajstić information content (AvgIpc) is 2.87. The molecule has 0 radical (unpaired) electrons. The summed E-state index contributed by atoms with van der Waals surface area (Å²) in [4.78, 5) is 19.9. The summed E-state index contributed by atoms with van der Waals surface area (Å²) in [6.45, 7) is 10.7. The molecule has 1 N–H and O–H groups in total. The van der Waals surface area contributed by atoms with Gasteiger partial charge in [-0.1, -0.05) is 48.5 Å². The number of phenolic OH excluding ortho intramolecular Hbond substituents is 1. The highest BCUT2D eigenvalue weighted by molar-refractivity contribution is 6.07. The normalized spacial score (nSPS) is 19.6. The zero-order chi connectivity index (χ0) is 25.8. The number of carbonyl (C=O) groups excluding carboxylic acids is 1. The number of piperazine rings is 1. The lowest BCUT2D eigenvalue weighted by atomic mass is 9.90. The highest BCUT2D eigenvalue weighted by Crippen LogP contribution is 2.36. The van der Waals surface area contributed by atoms with Crippen LogP contribution in [0.5, 0.6) is 5.75 Å². The number of benzene rings is 3. The Bertz CT molecular complexity index is 1230. The molecule has 4 rings (SSSR count). The fraction of sp³-hybridized carbons (Fsp3) is 0.300. The highest BCUT2D eigenvalue weighted by atomic mass is 19.1. The van der Waals surface area contributed by atoms with Gasteiger partial charge >= 0.3 is 0 Å². The number of hydrogen-bond donors (Lipinski definition) is 1. The van der Waals surface area contributed by atoms with Crippen molar-refractivity contribution in [3.63, 3.8) is 0 Å². The van der Waals surface area contributed by atoms with E-state index in [1.165, 1.54) is 11.0 Å². The molecule has 1 heterocycles. The van der Waals surface area contributed by atoms with E-state index in [1.54, 1.807) is 43.4 Å². The molecule has 3 aromatic carbocycles. The number of aromatic hydroxyl groups is 1. The van der Waals surface area contributed by atoms with Gasteiger partial charge < -0.3 is 10.0 Å². The number of anilines is 1. The maximum Gasteiger partial charge on any atom is 0.258 e. The summed E-state index contributed by atoms with van der Waals surface area (Å²) < 4.78 is 14.5. The van der Waals surface area contributed by atoms with Crippen molar-refractivity contribution in [3.05, 3.63) is 108 Å². The van der Waals surface area contributed by atoms with E-state index in [0.717, 1.165) is 30.8 Å². The molecule has 5 nitrogen and oxygen atoms in total. The molecule has 3 atom stereocenters. The molecule has 1 aliphatic heterocycles. The summed E-state index contributed by atoms with van der Waals surface area (Å²) >= 11 is 0. The van der Waals surface area contributed by atoms with Gasteiger partial charge in [0.2, 0.25) is 0 Å². The zero-order valence-corrected chi connectivity index (χ0v) is 21.1. The summed E-state index contributed by atoms with van der Waals surface area (Å²) in [5, 5.41) is 10.3. The molecule has 1 aliphatic rings. The third kappa shape index (κ3) is 5.20. The van der Waals surface area contributed by atoms with Crippen LogP contribution in [0.4, 0.5) is 10.1 Å². The van der Waals surface area contributed by atoms with Crippen molar-refractivity contribution >= 4 is 11.6 Å². The van der Waals surface area contributed by atoms with Crippen LogP contribution < -0.4 is 4.90 Å². The molecule has 36 heavy (non-hydrogen) atoms. The van der Waals surface area contributed by atoms with Crippen LogP contribution >= 0.6 is 0 Å². The van der Waals surface area contributed by atoms with Crippen molar-refractivity contribution in [3.8, 4) is 5.75 Å². The number of para-hydroxylation sites is 1. The smallest absolute Gasteiger partial charge is 0.258 e. The van der Waals surface area contributed by atoms with E-state index >= 15 is 0 Å². The number of nitrogens with zero attached hydrogens (tertiary/aromatic N) is 3. The van der Waals surface area contributed by atoms with Crippen molar-refractivity contribution in [2.45, 2.75) is 32.0 Å². The summed E-state index contributed by atoms with van der Waals surface area (Å²) in [7, 11) is 1.60. The van der Waals surface area contributed by atoms with Crippen molar-refractivity contribution in [2.24, 2.45) is 0 Å². The van der Waals surface area contributed by atoms with Gasteiger partial charge in [0.15, 0.2) is 0 Å². The van der Waals surface area contributed by atoms with Gasteiger partial charge in [0.25, 0.3) is 5.91 Å². The van der Waals surface area contributed by atoms with Gasteiger partial charge in [-0.2, -0.15) is 0 Å². The molecule has 1 saturated heterocycles. The summed E-state index contributed by atoms with van der Waals surface area (Å²) in [5.74, 6) is -0.557. The molecule has 188 valence electrons. The largest absolute Gasteiger partial charge is 0.508 e. The summed E-state index contributed by atoms with van der Waals surface area (Å²) in [5.41, 5.74) is 2.46. The van der Waals surface area contributed by atoms with Crippen LogP contribution in [0, 0.1) is 5.82 Å². The first kappa shape index (κ1) is 25.6. The molecule has 0 unspecified atom stereocenters. The maximum atomic E-state index is 14.5. The number of hydrogen-bond acceptors (Lipinski definition) is 4. The van der Waals surface area contributed by atoms with Crippen molar-refractivity contribution in [1.82, 2.24) is 9.80 Å². The first-order valence-corrected chi connectivity index (χ1v) is 12.3. The predicted molar refractivity (Wildman–Crippen MR) is 143 cm³/mol. The number of phenols is 1. The van der Waals surface area contributed by atoms with Gasteiger partial charge in [0.1, 0.15) is 11.6 Å².